The van der Waals surface area contributed by atoms with E-state index in [-0.39, 0.29) is 6.04 Å². The van der Waals surface area contributed by atoms with Crippen LogP contribution in [0.3, 0.4) is 0 Å². The Morgan fingerprint density at radius 2 is 2.07 bits per heavy atom. The van der Waals surface area contributed by atoms with Crippen molar-refractivity contribution in [2.45, 2.75) is 57.5 Å². The van der Waals surface area contributed by atoms with Gasteiger partial charge in [0.15, 0.2) is 0 Å². The van der Waals surface area contributed by atoms with Crippen LogP contribution < -0.4 is 5.73 Å². The van der Waals surface area contributed by atoms with Crippen molar-refractivity contribution >= 4 is 5.91 Å². The molecular weight excluding hydrogens is 188 g/mol. The fraction of sp³-hybridized carbons (Fsp3) is 0.917. The number of nitrogens with two attached hydrogens (primary N) is 1. The zero-order chi connectivity index (χ0) is 10.8. The predicted molar refractivity (Wildman–Crippen MR) is 60.3 cm³/mol. The van der Waals surface area contributed by atoms with Crippen molar-refractivity contribution in [2.75, 3.05) is 6.54 Å². The lowest BCUT2D eigenvalue weighted by atomic mass is 10.1. The molecule has 0 saturated heterocycles. The van der Waals surface area contributed by atoms with E-state index in [1.165, 1.54) is 25.7 Å². The maximum absolute atomic E-state index is 12.0. The molecule has 2 fully saturated rings. The van der Waals surface area contributed by atoms with Crippen LogP contribution in [-0.2, 0) is 4.79 Å². The minimum Gasteiger partial charge on any atom is -0.340 e. The third-order valence-corrected chi connectivity index (χ3v) is 3.41. The zero-order valence-corrected chi connectivity index (χ0v) is 9.61. The first kappa shape index (κ1) is 10.9. The van der Waals surface area contributed by atoms with Crippen molar-refractivity contribution in [3.05, 3.63) is 0 Å². The molecule has 0 radical (unpaired) electrons. The highest BCUT2D eigenvalue weighted by Crippen LogP contribution is 2.34. The van der Waals surface area contributed by atoms with Gasteiger partial charge in [0.05, 0.1) is 0 Å². The molecule has 86 valence electrons. The van der Waals surface area contributed by atoms with Crippen LogP contribution in [0, 0.1) is 5.92 Å². The quantitative estimate of drug-likeness (QED) is 0.722. The number of hydrogen-bond acceptors (Lipinski definition) is 2. The van der Waals surface area contributed by atoms with Gasteiger partial charge in [-0.25, -0.2) is 0 Å². The normalized spacial score (nSPS) is 22.5. The van der Waals surface area contributed by atoms with Crippen LogP contribution in [0.5, 0.6) is 0 Å². The van der Waals surface area contributed by atoms with E-state index < -0.39 is 0 Å². The van der Waals surface area contributed by atoms with Gasteiger partial charge < -0.3 is 10.6 Å². The molecule has 2 aliphatic rings. The van der Waals surface area contributed by atoms with E-state index in [1.807, 2.05) is 0 Å². The van der Waals surface area contributed by atoms with Crippen LogP contribution in [-0.4, -0.2) is 29.4 Å². The van der Waals surface area contributed by atoms with Crippen LogP contribution in [0.2, 0.25) is 0 Å². The summed E-state index contributed by atoms with van der Waals surface area (Å²) in [7, 11) is 0. The Kier molecular flexibility index (Phi) is 3.29. The summed E-state index contributed by atoms with van der Waals surface area (Å²) >= 11 is 0. The highest BCUT2D eigenvalue weighted by molar-refractivity contribution is 5.77. The second kappa shape index (κ2) is 4.52. The van der Waals surface area contributed by atoms with Crippen molar-refractivity contribution < 1.29 is 4.79 Å². The average Bonchev–Trinajstić information content (AvgIpc) is 3.05. The summed E-state index contributed by atoms with van der Waals surface area (Å²) in [6.45, 7) is 3.05. The highest BCUT2D eigenvalue weighted by Gasteiger charge is 2.35. The molecule has 0 aromatic heterocycles. The molecule has 2 aliphatic carbocycles. The second-order valence-corrected chi connectivity index (χ2v) is 5.02. The van der Waals surface area contributed by atoms with Crippen LogP contribution in [0.15, 0.2) is 0 Å². The van der Waals surface area contributed by atoms with E-state index in [4.69, 9.17) is 5.73 Å². The molecule has 0 bridgehead atoms. The molecule has 2 saturated carbocycles. The lowest BCUT2D eigenvalue weighted by Crippen LogP contribution is -2.38. The standard InChI is InChI=1S/C12H22N2O/c1-2-7-14(10-5-6-10)12(15)8-11(13)9-3-4-9/h9-11H,2-8,13H2,1H3. The smallest absolute Gasteiger partial charge is 0.224 e. The van der Waals surface area contributed by atoms with Gasteiger partial charge in [0.25, 0.3) is 0 Å². The Morgan fingerprint density at radius 3 is 2.53 bits per heavy atom. The molecule has 3 heteroatoms. The summed E-state index contributed by atoms with van der Waals surface area (Å²) < 4.78 is 0. The van der Waals surface area contributed by atoms with E-state index in [2.05, 4.69) is 11.8 Å². The van der Waals surface area contributed by atoms with Gasteiger partial charge in [-0.1, -0.05) is 6.92 Å². The Bertz CT molecular complexity index is 234. The topological polar surface area (TPSA) is 46.3 Å². The van der Waals surface area contributed by atoms with Gasteiger partial charge in [0.2, 0.25) is 5.91 Å². The summed E-state index contributed by atoms with van der Waals surface area (Å²) in [6.07, 6.45) is 6.48. The Labute approximate surface area is 92.0 Å². The monoisotopic (exact) mass is 210 g/mol. The lowest BCUT2D eigenvalue weighted by Gasteiger charge is -2.23. The van der Waals surface area contributed by atoms with Gasteiger partial charge in [0, 0.05) is 25.0 Å². The van der Waals surface area contributed by atoms with Crippen molar-refractivity contribution in [1.82, 2.24) is 4.90 Å². The van der Waals surface area contributed by atoms with Crippen LogP contribution >= 0.6 is 0 Å². The van der Waals surface area contributed by atoms with E-state index in [9.17, 15) is 4.79 Å². The molecule has 2 rings (SSSR count). The summed E-state index contributed by atoms with van der Waals surface area (Å²) in [5.74, 6) is 0.926. The van der Waals surface area contributed by atoms with Crippen molar-refractivity contribution in [3.8, 4) is 0 Å². The third kappa shape index (κ3) is 2.94. The number of hydrogen-bond donors (Lipinski definition) is 1. The maximum atomic E-state index is 12.0. The molecule has 1 atom stereocenters. The van der Waals surface area contributed by atoms with Crippen molar-refractivity contribution in [2.24, 2.45) is 11.7 Å². The van der Waals surface area contributed by atoms with Gasteiger partial charge in [-0.3, -0.25) is 4.79 Å². The molecule has 2 N–H and O–H groups in total. The lowest BCUT2D eigenvalue weighted by molar-refractivity contribution is -0.132. The number of carbonyl (C=O) groups excluding carboxylic acids is 1. The van der Waals surface area contributed by atoms with Crippen LogP contribution in [0.25, 0.3) is 0 Å². The van der Waals surface area contributed by atoms with Crippen LogP contribution in [0.4, 0.5) is 0 Å². The Hall–Kier alpha value is -0.570. The molecule has 1 unspecified atom stereocenters. The number of nitrogens with zero attached hydrogens (tertiary/aromatic N) is 1. The molecule has 0 aliphatic heterocycles. The SMILES string of the molecule is CCCN(C(=O)CC(N)C1CC1)C1CC1. The minimum atomic E-state index is 0.121. The predicted octanol–water partition coefficient (Wildman–Crippen LogP) is 1.51. The Balaban J connectivity index is 1.80. The zero-order valence-electron chi connectivity index (χ0n) is 9.61. The third-order valence-electron chi connectivity index (χ3n) is 3.41. The molecule has 0 aromatic carbocycles. The molecule has 0 aromatic rings. The maximum Gasteiger partial charge on any atom is 0.224 e. The van der Waals surface area contributed by atoms with E-state index >= 15 is 0 Å². The van der Waals surface area contributed by atoms with Gasteiger partial charge in [-0.15, -0.1) is 0 Å². The fourth-order valence-electron chi connectivity index (χ4n) is 2.15. The fourth-order valence-corrected chi connectivity index (χ4v) is 2.15. The number of carbonyl (C=O) groups is 1. The van der Waals surface area contributed by atoms with E-state index in [1.54, 1.807) is 0 Å². The molecular formula is C12H22N2O. The van der Waals surface area contributed by atoms with E-state index in [0.717, 1.165) is 13.0 Å². The molecule has 3 nitrogen and oxygen atoms in total. The number of amides is 1. The summed E-state index contributed by atoms with van der Waals surface area (Å²) in [5.41, 5.74) is 5.99. The largest absolute Gasteiger partial charge is 0.340 e. The number of rotatable bonds is 6. The first-order chi connectivity index (χ1) is 7.22. The summed E-state index contributed by atoms with van der Waals surface area (Å²) in [6, 6.07) is 0.666. The summed E-state index contributed by atoms with van der Waals surface area (Å²) in [5, 5.41) is 0. The minimum absolute atomic E-state index is 0.121. The van der Waals surface area contributed by atoms with E-state index in [0.29, 0.717) is 24.3 Å². The van der Waals surface area contributed by atoms with Gasteiger partial charge >= 0.3 is 0 Å². The first-order valence-electron chi connectivity index (χ1n) is 6.27. The van der Waals surface area contributed by atoms with Gasteiger partial charge in [-0.05, 0) is 38.0 Å². The average molecular weight is 210 g/mol. The van der Waals surface area contributed by atoms with Gasteiger partial charge in [0.1, 0.15) is 0 Å². The molecule has 0 heterocycles. The first-order valence-corrected chi connectivity index (χ1v) is 6.27. The molecule has 1 amide bonds. The van der Waals surface area contributed by atoms with Crippen LogP contribution in [0.1, 0.15) is 45.4 Å². The van der Waals surface area contributed by atoms with Gasteiger partial charge in [-0.2, -0.15) is 0 Å². The highest BCUT2D eigenvalue weighted by atomic mass is 16.2. The second-order valence-electron chi connectivity index (χ2n) is 5.02. The van der Waals surface area contributed by atoms with Crippen molar-refractivity contribution in [3.63, 3.8) is 0 Å². The molecule has 15 heavy (non-hydrogen) atoms. The summed E-state index contributed by atoms with van der Waals surface area (Å²) in [4.78, 5) is 14.1. The van der Waals surface area contributed by atoms with Crippen molar-refractivity contribution in [1.29, 1.82) is 0 Å². The molecule has 0 spiro atoms. The Morgan fingerprint density at radius 1 is 1.40 bits per heavy atom.